The van der Waals surface area contributed by atoms with Gasteiger partial charge in [0.05, 0.1) is 0 Å². The zero-order chi connectivity index (χ0) is 20.4. The summed E-state index contributed by atoms with van der Waals surface area (Å²) in [6.07, 6.45) is 0.190. The molecule has 1 atom stereocenters. The van der Waals surface area contributed by atoms with Crippen LogP contribution < -0.4 is 16.0 Å². The van der Waals surface area contributed by atoms with Crippen LogP contribution in [0, 0.1) is 0 Å². The minimum atomic E-state index is -0.997. The smallest absolute Gasteiger partial charge is 0.329 e. The van der Waals surface area contributed by atoms with Crippen LogP contribution in [0.25, 0.3) is 0 Å². The van der Waals surface area contributed by atoms with E-state index in [0.717, 1.165) is 5.56 Å². The van der Waals surface area contributed by atoms with Crippen molar-refractivity contribution in [2.75, 3.05) is 13.7 Å². The van der Waals surface area contributed by atoms with Gasteiger partial charge in [-0.2, -0.15) is 0 Å². The Kier molecular flexibility index (Phi) is 7.71. The number of hydrogen-bond acceptors (Lipinski definition) is 5. The average Bonchev–Trinajstić information content (AvgIpc) is 2.72. The molecule has 0 spiro atoms. The van der Waals surface area contributed by atoms with Crippen LogP contribution >= 0.6 is 0 Å². The van der Waals surface area contributed by atoms with Crippen LogP contribution in [0.4, 0.5) is 4.79 Å². The number of rotatable bonds is 7. The van der Waals surface area contributed by atoms with Gasteiger partial charge in [-0.05, 0) is 17.7 Å². The van der Waals surface area contributed by atoms with Crippen LogP contribution in [-0.4, -0.2) is 43.5 Å². The van der Waals surface area contributed by atoms with E-state index in [-0.39, 0.29) is 6.42 Å². The standard InChI is InChI=1S/C20H21N3O5/c1-21-20(27)23-17(24)13-28-19(26)16(12-14-8-4-2-5-9-14)22-18(25)15-10-6-3-7-11-15/h2-11,16H,12-13H2,1H3,(H,22,25)(H2,21,23,24,27)/t16-/m0/s1. The Labute approximate surface area is 162 Å². The largest absolute Gasteiger partial charge is 0.454 e. The van der Waals surface area contributed by atoms with E-state index in [9.17, 15) is 19.2 Å². The lowest BCUT2D eigenvalue weighted by Gasteiger charge is -2.18. The first kappa shape index (κ1) is 20.6. The molecule has 2 rings (SSSR count). The van der Waals surface area contributed by atoms with Crippen molar-refractivity contribution in [1.82, 2.24) is 16.0 Å². The molecule has 0 aliphatic carbocycles. The molecule has 8 nitrogen and oxygen atoms in total. The summed E-state index contributed by atoms with van der Waals surface area (Å²) in [7, 11) is 1.35. The molecule has 0 saturated carbocycles. The van der Waals surface area contributed by atoms with Gasteiger partial charge in [-0.1, -0.05) is 48.5 Å². The molecule has 4 amide bonds. The van der Waals surface area contributed by atoms with E-state index in [1.165, 1.54) is 7.05 Å². The van der Waals surface area contributed by atoms with Crippen molar-refractivity contribution in [3.05, 3.63) is 71.8 Å². The van der Waals surface area contributed by atoms with Gasteiger partial charge in [0.15, 0.2) is 6.61 Å². The first-order valence-corrected chi connectivity index (χ1v) is 8.57. The predicted molar refractivity (Wildman–Crippen MR) is 101 cm³/mol. The zero-order valence-electron chi connectivity index (χ0n) is 15.3. The summed E-state index contributed by atoms with van der Waals surface area (Å²) in [6.45, 7) is -0.640. The van der Waals surface area contributed by atoms with E-state index < -0.39 is 36.5 Å². The first-order chi connectivity index (χ1) is 13.5. The summed E-state index contributed by atoms with van der Waals surface area (Å²) in [5, 5.41) is 6.83. The summed E-state index contributed by atoms with van der Waals surface area (Å²) in [6, 6.07) is 15.8. The van der Waals surface area contributed by atoms with Gasteiger partial charge >= 0.3 is 12.0 Å². The Hall–Kier alpha value is -3.68. The molecule has 0 heterocycles. The number of urea groups is 1. The number of benzene rings is 2. The van der Waals surface area contributed by atoms with Crippen molar-refractivity contribution in [2.45, 2.75) is 12.5 Å². The van der Waals surface area contributed by atoms with E-state index in [4.69, 9.17) is 4.74 Å². The number of esters is 1. The lowest BCUT2D eigenvalue weighted by atomic mass is 10.1. The molecule has 146 valence electrons. The van der Waals surface area contributed by atoms with Crippen LogP contribution in [0.3, 0.4) is 0 Å². The van der Waals surface area contributed by atoms with Gasteiger partial charge in [0.25, 0.3) is 11.8 Å². The van der Waals surface area contributed by atoms with Crippen molar-refractivity contribution in [2.24, 2.45) is 0 Å². The minimum Gasteiger partial charge on any atom is -0.454 e. The summed E-state index contributed by atoms with van der Waals surface area (Å²) >= 11 is 0. The van der Waals surface area contributed by atoms with Crippen LogP contribution in [0.15, 0.2) is 60.7 Å². The van der Waals surface area contributed by atoms with Gasteiger partial charge in [0, 0.05) is 19.0 Å². The number of nitrogens with one attached hydrogen (secondary N) is 3. The molecule has 0 fully saturated rings. The lowest BCUT2D eigenvalue weighted by Crippen LogP contribution is -2.45. The van der Waals surface area contributed by atoms with Crippen molar-refractivity contribution < 1.29 is 23.9 Å². The lowest BCUT2D eigenvalue weighted by molar-refractivity contribution is -0.150. The van der Waals surface area contributed by atoms with Gasteiger partial charge < -0.3 is 15.4 Å². The fraction of sp³-hybridized carbons (Fsp3) is 0.200. The molecule has 2 aromatic carbocycles. The molecule has 2 aromatic rings. The highest BCUT2D eigenvalue weighted by atomic mass is 16.5. The summed E-state index contributed by atoms with van der Waals surface area (Å²) < 4.78 is 4.97. The fourth-order valence-corrected chi connectivity index (χ4v) is 2.34. The fourth-order valence-electron chi connectivity index (χ4n) is 2.34. The van der Waals surface area contributed by atoms with E-state index in [1.54, 1.807) is 30.3 Å². The zero-order valence-corrected chi connectivity index (χ0v) is 15.3. The number of amides is 4. The molecule has 0 radical (unpaired) electrons. The monoisotopic (exact) mass is 383 g/mol. The minimum absolute atomic E-state index is 0.190. The molecule has 8 heteroatoms. The third-order valence-corrected chi connectivity index (χ3v) is 3.73. The van der Waals surface area contributed by atoms with Crippen LogP contribution in [0.1, 0.15) is 15.9 Å². The van der Waals surface area contributed by atoms with Crippen LogP contribution in [0.5, 0.6) is 0 Å². The number of carbonyl (C=O) groups excluding carboxylic acids is 4. The van der Waals surface area contributed by atoms with Gasteiger partial charge in [-0.3, -0.25) is 14.9 Å². The van der Waals surface area contributed by atoms with Gasteiger partial charge in [0.2, 0.25) is 0 Å². The summed E-state index contributed by atoms with van der Waals surface area (Å²) in [5.41, 5.74) is 1.21. The van der Waals surface area contributed by atoms with E-state index in [2.05, 4.69) is 10.6 Å². The van der Waals surface area contributed by atoms with Crippen molar-refractivity contribution >= 4 is 23.8 Å². The first-order valence-electron chi connectivity index (χ1n) is 8.57. The van der Waals surface area contributed by atoms with Gasteiger partial charge in [0.1, 0.15) is 6.04 Å². The third-order valence-electron chi connectivity index (χ3n) is 3.73. The Balaban J connectivity index is 2.04. The maximum Gasteiger partial charge on any atom is 0.329 e. The summed E-state index contributed by atoms with van der Waals surface area (Å²) in [5.74, 6) is -1.99. The SMILES string of the molecule is CNC(=O)NC(=O)COC(=O)[C@H](Cc1ccccc1)NC(=O)c1ccccc1. The normalized spacial score (nSPS) is 11.0. The number of hydrogen-bond donors (Lipinski definition) is 3. The number of carbonyl (C=O) groups is 4. The van der Waals surface area contributed by atoms with Crippen molar-refractivity contribution in [1.29, 1.82) is 0 Å². The number of imide groups is 1. The Morgan fingerprint density at radius 2 is 1.54 bits per heavy atom. The molecule has 0 unspecified atom stereocenters. The van der Waals surface area contributed by atoms with Crippen LogP contribution in [-0.2, 0) is 20.7 Å². The molecule has 0 aliphatic heterocycles. The highest BCUT2D eigenvalue weighted by molar-refractivity contribution is 5.98. The van der Waals surface area contributed by atoms with Gasteiger partial charge in [-0.15, -0.1) is 0 Å². The highest BCUT2D eigenvalue weighted by Gasteiger charge is 2.24. The van der Waals surface area contributed by atoms with Crippen LogP contribution in [0.2, 0.25) is 0 Å². The molecular weight excluding hydrogens is 362 g/mol. The molecule has 0 aliphatic rings. The molecule has 0 aromatic heterocycles. The van der Waals surface area contributed by atoms with E-state index in [0.29, 0.717) is 5.56 Å². The van der Waals surface area contributed by atoms with Crippen molar-refractivity contribution in [3.63, 3.8) is 0 Å². The third kappa shape index (κ3) is 6.56. The quantitative estimate of drug-likeness (QED) is 0.618. The molecule has 0 bridgehead atoms. The maximum absolute atomic E-state index is 12.5. The second-order valence-corrected chi connectivity index (χ2v) is 5.82. The van der Waals surface area contributed by atoms with E-state index in [1.807, 2.05) is 35.6 Å². The topological polar surface area (TPSA) is 114 Å². The number of ether oxygens (including phenoxy) is 1. The van der Waals surface area contributed by atoms with E-state index >= 15 is 0 Å². The molecule has 28 heavy (non-hydrogen) atoms. The highest BCUT2D eigenvalue weighted by Crippen LogP contribution is 2.07. The second kappa shape index (κ2) is 10.5. The average molecular weight is 383 g/mol. The summed E-state index contributed by atoms with van der Waals surface area (Å²) in [4.78, 5) is 47.6. The Bertz CT molecular complexity index is 824. The van der Waals surface area contributed by atoms with Gasteiger partial charge in [-0.25, -0.2) is 9.59 Å². The second-order valence-electron chi connectivity index (χ2n) is 5.82. The molecular formula is C20H21N3O5. The predicted octanol–water partition coefficient (Wildman–Crippen LogP) is 1.03. The molecule has 0 saturated heterocycles. The molecule has 3 N–H and O–H groups in total. The Morgan fingerprint density at radius 3 is 2.14 bits per heavy atom. The maximum atomic E-state index is 12.5. The van der Waals surface area contributed by atoms with Crippen molar-refractivity contribution in [3.8, 4) is 0 Å². The Morgan fingerprint density at radius 1 is 0.929 bits per heavy atom.